The average Bonchev–Trinajstić information content (AvgIpc) is 3.29. The molecule has 0 aliphatic heterocycles. The number of aromatic nitrogens is 1. The van der Waals surface area contributed by atoms with Crippen LogP contribution in [0.15, 0.2) is 41.1 Å². The highest BCUT2D eigenvalue weighted by atomic mass is 16.5. The van der Waals surface area contributed by atoms with Crippen LogP contribution in [0.25, 0.3) is 0 Å². The average molecular weight is 315 g/mol. The van der Waals surface area contributed by atoms with E-state index in [-0.39, 0.29) is 24.4 Å². The molecule has 1 aliphatic rings. The molecule has 1 aliphatic carbocycles. The van der Waals surface area contributed by atoms with E-state index in [4.69, 9.17) is 4.74 Å². The van der Waals surface area contributed by atoms with Crippen LogP contribution in [-0.2, 0) is 4.79 Å². The number of methoxy groups -OCH3 is 1. The summed E-state index contributed by atoms with van der Waals surface area (Å²) in [7, 11) is 1.55. The number of carbonyl (C=O) groups is 2. The Hall–Kier alpha value is -2.83. The van der Waals surface area contributed by atoms with Gasteiger partial charge in [-0.15, -0.1) is 0 Å². The third-order valence-electron chi connectivity index (χ3n) is 3.58. The van der Waals surface area contributed by atoms with E-state index >= 15 is 0 Å². The van der Waals surface area contributed by atoms with Gasteiger partial charge in [0.05, 0.1) is 7.11 Å². The number of benzene rings is 1. The summed E-state index contributed by atoms with van der Waals surface area (Å²) in [5.74, 6) is 0.460. The molecule has 23 heavy (non-hydrogen) atoms. The smallest absolute Gasteiger partial charge is 0.254 e. The van der Waals surface area contributed by atoms with Gasteiger partial charge in [0.15, 0.2) is 5.82 Å². The van der Waals surface area contributed by atoms with E-state index in [9.17, 15) is 9.59 Å². The lowest BCUT2D eigenvalue weighted by molar-refractivity contribution is -0.117. The Labute approximate surface area is 133 Å². The Morgan fingerprint density at radius 3 is 2.87 bits per heavy atom. The third kappa shape index (κ3) is 3.68. The minimum atomic E-state index is -0.304. The number of amides is 2. The Balaban J connectivity index is 1.70. The van der Waals surface area contributed by atoms with Crippen LogP contribution in [0.5, 0.6) is 5.75 Å². The van der Waals surface area contributed by atoms with Gasteiger partial charge in [-0.25, -0.2) is 0 Å². The standard InChI is InChI=1S/C16H17N3O4/c1-22-13-4-2-3-11(9-13)16(21)19(12-5-6-12)10-15(20)17-14-7-8-23-18-14/h2-4,7-9,12H,5-6,10H2,1H3,(H,17,18,20). The fourth-order valence-electron chi connectivity index (χ4n) is 2.29. The molecule has 1 saturated carbocycles. The lowest BCUT2D eigenvalue weighted by Crippen LogP contribution is -2.39. The maximum absolute atomic E-state index is 12.7. The van der Waals surface area contributed by atoms with Crippen molar-refractivity contribution in [3.05, 3.63) is 42.2 Å². The van der Waals surface area contributed by atoms with Crippen molar-refractivity contribution in [2.45, 2.75) is 18.9 Å². The van der Waals surface area contributed by atoms with E-state index in [0.717, 1.165) is 12.8 Å². The van der Waals surface area contributed by atoms with E-state index < -0.39 is 0 Å². The molecule has 2 amide bonds. The number of hydrogen-bond donors (Lipinski definition) is 1. The first-order valence-electron chi connectivity index (χ1n) is 7.32. The largest absolute Gasteiger partial charge is 0.497 e. The SMILES string of the molecule is COc1cccc(C(=O)N(CC(=O)Nc2ccon2)C2CC2)c1. The second-order valence-electron chi connectivity index (χ2n) is 5.33. The fraction of sp³-hybridized carbons (Fsp3) is 0.312. The molecule has 1 aromatic heterocycles. The summed E-state index contributed by atoms with van der Waals surface area (Å²) in [5, 5.41) is 6.22. The second kappa shape index (κ2) is 6.51. The molecule has 120 valence electrons. The molecule has 0 unspecified atom stereocenters. The first-order valence-corrected chi connectivity index (χ1v) is 7.32. The predicted molar refractivity (Wildman–Crippen MR) is 82.2 cm³/mol. The molecular formula is C16H17N3O4. The maximum Gasteiger partial charge on any atom is 0.254 e. The minimum Gasteiger partial charge on any atom is -0.497 e. The van der Waals surface area contributed by atoms with Crippen molar-refractivity contribution in [2.75, 3.05) is 19.0 Å². The Morgan fingerprint density at radius 1 is 1.39 bits per heavy atom. The topological polar surface area (TPSA) is 84.7 Å². The molecule has 0 spiro atoms. The van der Waals surface area contributed by atoms with Crippen molar-refractivity contribution in [3.8, 4) is 5.75 Å². The quantitative estimate of drug-likeness (QED) is 0.880. The van der Waals surface area contributed by atoms with Gasteiger partial charge in [-0.3, -0.25) is 9.59 Å². The van der Waals surface area contributed by atoms with Crippen molar-refractivity contribution in [1.29, 1.82) is 0 Å². The number of nitrogens with one attached hydrogen (secondary N) is 1. The van der Waals surface area contributed by atoms with Gasteiger partial charge in [-0.05, 0) is 31.0 Å². The van der Waals surface area contributed by atoms with Crippen molar-refractivity contribution in [2.24, 2.45) is 0 Å². The van der Waals surface area contributed by atoms with Crippen LogP contribution in [0.4, 0.5) is 5.82 Å². The molecule has 2 aromatic rings. The molecule has 0 atom stereocenters. The van der Waals surface area contributed by atoms with E-state index in [1.54, 1.807) is 42.3 Å². The van der Waals surface area contributed by atoms with Crippen molar-refractivity contribution in [1.82, 2.24) is 10.1 Å². The highest BCUT2D eigenvalue weighted by Crippen LogP contribution is 2.28. The highest BCUT2D eigenvalue weighted by Gasteiger charge is 2.34. The van der Waals surface area contributed by atoms with Gasteiger partial charge in [-0.1, -0.05) is 11.2 Å². The zero-order valence-corrected chi connectivity index (χ0v) is 12.7. The van der Waals surface area contributed by atoms with Crippen LogP contribution >= 0.6 is 0 Å². The summed E-state index contributed by atoms with van der Waals surface area (Å²) in [6.07, 6.45) is 3.19. The third-order valence-corrected chi connectivity index (χ3v) is 3.58. The van der Waals surface area contributed by atoms with E-state index in [1.165, 1.54) is 6.26 Å². The number of nitrogens with zero attached hydrogens (tertiary/aromatic N) is 2. The summed E-state index contributed by atoms with van der Waals surface area (Å²) in [4.78, 5) is 26.4. The molecule has 0 radical (unpaired) electrons. The van der Waals surface area contributed by atoms with Gasteiger partial charge >= 0.3 is 0 Å². The Kier molecular flexibility index (Phi) is 4.27. The zero-order chi connectivity index (χ0) is 16.2. The van der Waals surface area contributed by atoms with Crippen molar-refractivity contribution < 1.29 is 18.8 Å². The van der Waals surface area contributed by atoms with Crippen molar-refractivity contribution in [3.63, 3.8) is 0 Å². The molecule has 0 saturated heterocycles. The summed E-state index contributed by atoms with van der Waals surface area (Å²) in [6, 6.07) is 8.57. The first-order chi connectivity index (χ1) is 11.2. The van der Waals surface area contributed by atoms with E-state index in [1.807, 2.05) is 0 Å². The van der Waals surface area contributed by atoms with Gasteiger partial charge in [-0.2, -0.15) is 0 Å². The normalized spacial score (nSPS) is 13.4. The van der Waals surface area contributed by atoms with Gasteiger partial charge in [0.25, 0.3) is 5.91 Å². The van der Waals surface area contributed by atoms with Crippen molar-refractivity contribution >= 4 is 17.6 Å². The molecular weight excluding hydrogens is 298 g/mol. The first kappa shape index (κ1) is 15.1. The molecule has 0 bridgehead atoms. The minimum absolute atomic E-state index is 0.0203. The van der Waals surface area contributed by atoms with Crippen LogP contribution in [0, 0.1) is 0 Å². The van der Waals surface area contributed by atoms with Gasteiger partial charge < -0.3 is 19.5 Å². The van der Waals surface area contributed by atoms with E-state index in [0.29, 0.717) is 17.1 Å². The van der Waals surface area contributed by atoms with Gasteiger partial charge in [0.1, 0.15) is 18.6 Å². The molecule has 1 N–H and O–H groups in total. The van der Waals surface area contributed by atoms with Crippen LogP contribution < -0.4 is 10.1 Å². The molecule has 1 heterocycles. The summed E-state index contributed by atoms with van der Waals surface area (Å²) in [6.45, 7) is -0.0203. The molecule has 7 heteroatoms. The van der Waals surface area contributed by atoms with Gasteiger partial charge in [0.2, 0.25) is 5.91 Å². The van der Waals surface area contributed by atoms with E-state index in [2.05, 4.69) is 15.0 Å². The molecule has 1 fully saturated rings. The van der Waals surface area contributed by atoms with Crippen LogP contribution in [0.2, 0.25) is 0 Å². The second-order valence-corrected chi connectivity index (χ2v) is 5.33. The Morgan fingerprint density at radius 2 is 2.22 bits per heavy atom. The fourth-order valence-corrected chi connectivity index (χ4v) is 2.29. The number of hydrogen-bond acceptors (Lipinski definition) is 5. The zero-order valence-electron chi connectivity index (χ0n) is 12.7. The number of rotatable bonds is 6. The molecule has 7 nitrogen and oxygen atoms in total. The van der Waals surface area contributed by atoms with Crippen LogP contribution in [-0.4, -0.2) is 41.6 Å². The Bertz CT molecular complexity index is 695. The highest BCUT2D eigenvalue weighted by molar-refractivity contribution is 5.99. The summed E-state index contributed by atoms with van der Waals surface area (Å²) >= 11 is 0. The lowest BCUT2D eigenvalue weighted by Gasteiger charge is -2.21. The summed E-state index contributed by atoms with van der Waals surface area (Å²) < 4.78 is 9.81. The number of anilines is 1. The molecule has 1 aromatic carbocycles. The maximum atomic E-state index is 12.7. The molecule has 3 rings (SSSR count). The number of ether oxygens (including phenoxy) is 1. The van der Waals surface area contributed by atoms with Gasteiger partial charge in [0, 0.05) is 17.7 Å². The van der Waals surface area contributed by atoms with Crippen LogP contribution in [0.3, 0.4) is 0 Å². The predicted octanol–water partition coefficient (Wildman–Crippen LogP) is 1.93. The monoisotopic (exact) mass is 315 g/mol. The summed E-state index contributed by atoms with van der Waals surface area (Å²) in [5.41, 5.74) is 0.505. The number of carbonyl (C=O) groups excluding carboxylic acids is 2. The van der Waals surface area contributed by atoms with Crippen LogP contribution in [0.1, 0.15) is 23.2 Å². The lowest BCUT2D eigenvalue weighted by atomic mass is 10.2.